The molecule has 5 aromatic rings. The number of rotatable bonds is 10. The lowest BCUT2D eigenvalue weighted by molar-refractivity contribution is -0.144. The van der Waals surface area contributed by atoms with Gasteiger partial charge in [0.2, 0.25) is 5.89 Å². The maximum atomic E-state index is 12.6. The van der Waals surface area contributed by atoms with E-state index in [1.165, 1.54) is 7.11 Å². The highest BCUT2D eigenvalue weighted by molar-refractivity contribution is 5.75. The fourth-order valence-electron chi connectivity index (χ4n) is 4.43. The first-order valence-electron chi connectivity index (χ1n) is 12.6. The Balaban J connectivity index is 1.20. The van der Waals surface area contributed by atoms with Crippen molar-refractivity contribution in [1.29, 1.82) is 0 Å². The summed E-state index contributed by atoms with van der Waals surface area (Å²) < 4.78 is 18.8. The predicted octanol–water partition coefficient (Wildman–Crippen LogP) is 6.70. The number of nitrogens with zero attached hydrogens (tertiary/aromatic N) is 2. The average molecular weight is 507 g/mol. The van der Waals surface area contributed by atoms with Gasteiger partial charge in [0.1, 0.15) is 17.6 Å². The number of hydrogen-bond donors (Lipinski definition) is 0. The first kappa shape index (κ1) is 25.1. The number of aromatic nitrogens is 2. The van der Waals surface area contributed by atoms with Crippen molar-refractivity contribution in [2.75, 3.05) is 13.7 Å². The number of carbonyl (C=O) groups is 1. The molecular formula is C32H30N2O4. The van der Waals surface area contributed by atoms with E-state index in [1.807, 2.05) is 103 Å². The lowest BCUT2D eigenvalue weighted by atomic mass is 10.1. The highest BCUT2D eigenvalue weighted by atomic mass is 16.5. The Morgan fingerprint density at radius 2 is 1.58 bits per heavy atom. The van der Waals surface area contributed by atoms with Crippen LogP contribution in [0.3, 0.4) is 0 Å². The zero-order valence-corrected chi connectivity index (χ0v) is 21.5. The highest BCUT2D eigenvalue weighted by Crippen LogP contribution is 2.25. The summed E-state index contributed by atoms with van der Waals surface area (Å²) in [4.78, 5) is 17.3. The summed E-state index contributed by atoms with van der Waals surface area (Å²) in [5, 5.41) is 0. The molecule has 6 heteroatoms. The fourth-order valence-corrected chi connectivity index (χ4v) is 4.43. The molecule has 0 fully saturated rings. The molecule has 2 heterocycles. The van der Waals surface area contributed by atoms with Crippen LogP contribution in [0, 0.1) is 6.92 Å². The van der Waals surface area contributed by atoms with Crippen molar-refractivity contribution in [3.63, 3.8) is 0 Å². The number of carbonyl (C=O) groups excluding carboxylic acids is 1. The summed E-state index contributed by atoms with van der Waals surface area (Å²) in [5.41, 5.74) is 5.03. The third-order valence-electron chi connectivity index (χ3n) is 6.53. The maximum Gasteiger partial charge on any atom is 0.329 e. The normalized spacial score (nSPS) is 11.7. The lowest BCUT2D eigenvalue weighted by Crippen LogP contribution is -2.22. The number of benzene rings is 3. The van der Waals surface area contributed by atoms with E-state index in [1.54, 1.807) is 0 Å². The molecule has 0 aliphatic rings. The van der Waals surface area contributed by atoms with E-state index in [0.717, 1.165) is 39.5 Å². The molecule has 0 N–H and O–H groups in total. The average Bonchev–Trinajstić information content (AvgIpc) is 3.60. The summed E-state index contributed by atoms with van der Waals surface area (Å²) >= 11 is 0. The minimum Gasteiger partial charge on any atom is -0.493 e. The van der Waals surface area contributed by atoms with Crippen LogP contribution in [0.2, 0.25) is 0 Å². The molecule has 0 bridgehead atoms. The van der Waals surface area contributed by atoms with Gasteiger partial charge in [-0.3, -0.25) is 0 Å². The van der Waals surface area contributed by atoms with Crippen molar-refractivity contribution < 1.29 is 18.7 Å². The van der Waals surface area contributed by atoms with Crippen LogP contribution in [0.5, 0.6) is 5.75 Å². The molecule has 6 nitrogen and oxygen atoms in total. The SMILES string of the molecule is COC(=O)C(Cc1ccc(OCCc2nc(-c3ccccc3)oc2C)cc1)n1ccc(-c2ccccc2)c1. The van der Waals surface area contributed by atoms with Crippen LogP contribution >= 0.6 is 0 Å². The lowest BCUT2D eigenvalue weighted by Gasteiger charge is -2.17. The number of esters is 1. The van der Waals surface area contributed by atoms with Gasteiger partial charge in [-0.1, -0.05) is 60.7 Å². The second kappa shape index (κ2) is 11.6. The van der Waals surface area contributed by atoms with E-state index in [-0.39, 0.29) is 5.97 Å². The van der Waals surface area contributed by atoms with Gasteiger partial charge in [0.25, 0.3) is 0 Å². The molecule has 0 amide bonds. The molecule has 5 rings (SSSR count). The molecular weight excluding hydrogens is 476 g/mol. The second-order valence-electron chi connectivity index (χ2n) is 9.09. The molecule has 3 aromatic carbocycles. The molecule has 2 aromatic heterocycles. The quantitative estimate of drug-likeness (QED) is 0.197. The minimum absolute atomic E-state index is 0.279. The van der Waals surface area contributed by atoms with Crippen LogP contribution in [0.4, 0.5) is 0 Å². The van der Waals surface area contributed by atoms with E-state index in [9.17, 15) is 4.79 Å². The van der Waals surface area contributed by atoms with Gasteiger partial charge in [-0.2, -0.15) is 0 Å². The first-order chi connectivity index (χ1) is 18.6. The van der Waals surface area contributed by atoms with Crippen LogP contribution in [0.15, 0.2) is 108 Å². The van der Waals surface area contributed by atoms with Crippen molar-refractivity contribution in [3.8, 4) is 28.3 Å². The van der Waals surface area contributed by atoms with Gasteiger partial charge in [0, 0.05) is 30.8 Å². The summed E-state index contributed by atoms with van der Waals surface area (Å²) in [5.74, 6) is 1.91. The highest BCUT2D eigenvalue weighted by Gasteiger charge is 2.22. The van der Waals surface area contributed by atoms with E-state index >= 15 is 0 Å². The first-order valence-corrected chi connectivity index (χ1v) is 12.6. The maximum absolute atomic E-state index is 12.6. The summed E-state index contributed by atoms with van der Waals surface area (Å²) in [6.07, 6.45) is 5.07. The van der Waals surface area contributed by atoms with Crippen molar-refractivity contribution in [2.45, 2.75) is 25.8 Å². The molecule has 0 spiro atoms. The van der Waals surface area contributed by atoms with Gasteiger partial charge in [0.05, 0.1) is 19.4 Å². The Morgan fingerprint density at radius 3 is 2.26 bits per heavy atom. The third-order valence-corrected chi connectivity index (χ3v) is 6.53. The van der Waals surface area contributed by atoms with Gasteiger partial charge in [-0.05, 0) is 53.9 Å². The van der Waals surface area contributed by atoms with Gasteiger partial charge < -0.3 is 18.5 Å². The Hall–Kier alpha value is -4.58. The molecule has 1 unspecified atom stereocenters. The van der Waals surface area contributed by atoms with Crippen LogP contribution < -0.4 is 4.74 Å². The van der Waals surface area contributed by atoms with E-state index in [0.29, 0.717) is 25.3 Å². The zero-order chi connectivity index (χ0) is 26.3. The van der Waals surface area contributed by atoms with Gasteiger partial charge >= 0.3 is 5.97 Å². The smallest absolute Gasteiger partial charge is 0.329 e. The van der Waals surface area contributed by atoms with Crippen molar-refractivity contribution in [1.82, 2.24) is 9.55 Å². The Labute approximate surface area is 222 Å². The van der Waals surface area contributed by atoms with Gasteiger partial charge in [-0.15, -0.1) is 0 Å². The monoisotopic (exact) mass is 506 g/mol. The van der Waals surface area contributed by atoms with Gasteiger partial charge in [0.15, 0.2) is 0 Å². The van der Waals surface area contributed by atoms with E-state index in [2.05, 4.69) is 17.1 Å². The number of methoxy groups -OCH3 is 1. The Morgan fingerprint density at radius 1 is 0.895 bits per heavy atom. The topological polar surface area (TPSA) is 66.5 Å². The van der Waals surface area contributed by atoms with E-state index < -0.39 is 6.04 Å². The molecule has 0 saturated heterocycles. The molecule has 0 radical (unpaired) electrons. The predicted molar refractivity (Wildman–Crippen MR) is 147 cm³/mol. The summed E-state index contributed by atoms with van der Waals surface area (Å²) in [6.45, 7) is 2.41. The molecule has 0 aliphatic carbocycles. The van der Waals surface area contributed by atoms with Crippen LogP contribution in [-0.4, -0.2) is 29.2 Å². The molecule has 1 atom stereocenters. The standard InChI is InChI=1S/C32H30N2O4/c1-23-29(33-31(38-23)26-11-7-4-8-12-26)18-20-37-28-15-13-24(14-16-28)21-30(32(35)36-2)34-19-17-27(22-34)25-9-5-3-6-10-25/h3-17,19,22,30H,18,20-21H2,1-2H3. The number of aryl methyl sites for hydroxylation is 1. The summed E-state index contributed by atoms with van der Waals surface area (Å²) in [7, 11) is 1.42. The Bertz CT molecular complexity index is 1470. The van der Waals surface area contributed by atoms with Crippen LogP contribution in [0.25, 0.3) is 22.6 Å². The minimum atomic E-state index is -0.460. The second-order valence-corrected chi connectivity index (χ2v) is 9.09. The number of ether oxygens (including phenoxy) is 2. The molecule has 0 aliphatic heterocycles. The molecule has 0 saturated carbocycles. The largest absolute Gasteiger partial charge is 0.493 e. The van der Waals surface area contributed by atoms with Crippen molar-refractivity contribution in [3.05, 3.63) is 120 Å². The molecule has 192 valence electrons. The van der Waals surface area contributed by atoms with Crippen molar-refractivity contribution >= 4 is 5.97 Å². The Kier molecular flexibility index (Phi) is 7.69. The third kappa shape index (κ3) is 5.86. The van der Waals surface area contributed by atoms with Crippen molar-refractivity contribution in [2.24, 2.45) is 0 Å². The van der Waals surface area contributed by atoms with E-state index in [4.69, 9.17) is 13.9 Å². The molecule has 38 heavy (non-hydrogen) atoms. The summed E-state index contributed by atoms with van der Waals surface area (Å²) in [6, 6.07) is 29.4. The van der Waals surface area contributed by atoms with Crippen LogP contribution in [-0.2, 0) is 22.4 Å². The van der Waals surface area contributed by atoms with Gasteiger partial charge in [-0.25, -0.2) is 9.78 Å². The fraction of sp³-hybridized carbons (Fsp3) is 0.188. The zero-order valence-electron chi connectivity index (χ0n) is 21.5. The number of oxazole rings is 1. The number of hydrogen-bond acceptors (Lipinski definition) is 5. The van der Waals surface area contributed by atoms with Crippen LogP contribution in [0.1, 0.15) is 23.1 Å².